The summed E-state index contributed by atoms with van der Waals surface area (Å²) in [5.41, 5.74) is 4.26. The largest absolute Gasteiger partial charge is 0.497 e. The predicted octanol–water partition coefficient (Wildman–Crippen LogP) is 4.86. The molecule has 2 aromatic carbocycles. The van der Waals surface area contributed by atoms with Crippen LogP contribution in [0.5, 0.6) is 11.5 Å². The van der Waals surface area contributed by atoms with Crippen LogP contribution in [0.25, 0.3) is 11.4 Å². The molecular formula is C25H23N5O3. The van der Waals surface area contributed by atoms with Crippen molar-refractivity contribution >= 4 is 23.2 Å². The second kappa shape index (κ2) is 9.78. The molecule has 0 spiro atoms. The minimum absolute atomic E-state index is 0.282. The zero-order valence-corrected chi connectivity index (χ0v) is 18.5. The van der Waals surface area contributed by atoms with Crippen LogP contribution >= 0.6 is 0 Å². The number of carbonyl (C=O) groups is 1. The summed E-state index contributed by atoms with van der Waals surface area (Å²) in [7, 11) is 3.08. The van der Waals surface area contributed by atoms with Gasteiger partial charge in [0, 0.05) is 35.4 Å². The van der Waals surface area contributed by atoms with Crippen LogP contribution in [0.1, 0.15) is 15.9 Å². The summed E-state index contributed by atoms with van der Waals surface area (Å²) in [6.45, 7) is 1.96. The van der Waals surface area contributed by atoms with Gasteiger partial charge in [-0.15, -0.1) is 0 Å². The van der Waals surface area contributed by atoms with E-state index in [0.29, 0.717) is 34.4 Å². The van der Waals surface area contributed by atoms with E-state index in [1.54, 1.807) is 50.9 Å². The maximum absolute atomic E-state index is 12.8. The molecule has 0 aliphatic heterocycles. The molecule has 0 saturated heterocycles. The molecule has 8 nitrogen and oxygen atoms in total. The van der Waals surface area contributed by atoms with E-state index in [1.807, 2.05) is 43.3 Å². The maximum Gasteiger partial charge on any atom is 0.255 e. The number of hydrogen-bond acceptors (Lipinski definition) is 7. The summed E-state index contributed by atoms with van der Waals surface area (Å²) >= 11 is 0. The number of carbonyl (C=O) groups excluding carboxylic acids is 1. The van der Waals surface area contributed by atoms with Crippen molar-refractivity contribution in [3.8, 4) is 22.9 Å². The molecule has 0 fully saturated rings. The molecule has 0 saturated carbocycles. The highest BCUT2D eigenvalue weighted by atomic mass is 16.5. The van der Waals surface area contributed by atoms with Crippen molar-refractivity contribution in [3.05, 3.63) is 84.2 Å². The highest BCUT2D eigenvalue weighted by molar-refractivity contribution is 6.05. The molecular weight excluding hydrogens is 418 g/mol. The topological polar surface area (TPSA) is 98.3 Å². The highest BCUT2D eigenvalue weighted by Crippen LogP contribution is 2.26. The number of aryl methyl sites for hydroxylation is 1. The van der Waals surface area contributed by atoms with Gasteiger partial charge in [0.25, 0.3) is 5.91 Å². The molecule has 0 bridgehead atoms. The zero-order chi connectivity index (χ0) is 23.2. The van der Waals surface area contributed by atoms with Crippen molar-refractivity contribution in [1.29, 1.82) is 0 Å². The summed E-state index contributed by atoms with van der Waals surface area (Å²) in [6.07, 6.45) is 3.40. The van der Waals surface area contributed by atoms with Gasteiger partial charge >= 0.3 is 0 Å². The van der Waals surface area contributed by atoms with Crippen LogP contribution in [-0.2, 0) is 0 Å². The second-order valence-corrected chi connectivity index (χ2v) is 7.19. The first-order valence-electron chi connectivity index (χ1n) is 10.2. The van der Waals surface area contributed by atoms with E-state index < -0.39 is 0 Å². The second-order valence-electron chi connectivity index (χ2n) is 7.19. The molecule has 33 heavy (non-hydrogen) atoms. The van der Waals surface area contributed by atoms with E-state index in [2.05, 4.69) is 25.6 Å². The molecule has 0 aliphatic carbocycles. The molecule has 4 rings (SSSR count). The lowest BCUT2D eigenvalue weighted by atomic mass is 10.1. The number of nitrogens with one attached hydrogen (secondary N) is 2. The number of amides is 1. The average molecular weight is 441 g/mol. The fraction of sp³-hybridized carbons (Fsp3) is 0.120. The first-order chi connectivity index (χ1) is 16.1. The van der Waals surface area contributed by atoms with Crippen molar-refractivity contribution in [3.63, 3.8) is 0 Å². The van der Waals surface area contributed by atoms with E-state index in [0.717, 1.165) is 16.9 Å². The van der Waals surface area contributed by atoms with Crippen LogP contribution in [0.15, 0.2) is 73.1 Å². The molecule has 2 heterocycles. The Bertz CT molecular complexity index is 1260. The summed E-state index contributed by atoms with van der Waals surface area (Å²) in [5.74, 6) is 1.23. The predicted molar refractivity (Wildman–Crippen MR) is 127 cm³/mol. The lowest BCUT2D eigenvalue weighted by Crippen LogP contribution is -2.12. The van der Waals surface area contributed by atoms with Crippen molar-refractivity contribution in [2.75, 3.05) is 24.9 Å². The van der Waals surface area contributed by atoms with Crippen LogP contribution in [0.3, 0.4) is 0 Å². The molecule has 166 valence electrons. The van der Waals surface area contributed by atoms with Gasteiger partial charge in [0.2, 0.25) is 5.95 Å². The molecule has 2 aromatic heterocycles. The SMILES string of the molecule is COc1cc(OC)cc(C(=O)Nc2ccc(C)c(Nc3nccc(-c4ccccn4)n3)c2)c1. The van der Waals surface area contributed by atoms with Crippen LogP contribution in [-0.4, -0.2) is 35.1 Å². The van der Waals surface area contributed by atoms with E-state index in [4.69, 9.17) is 9.47 Å². The van der Waals surface area contributed by atoms with Gasteiger partial charge in [0.1, 0.15) is 11.5 Å². The quantitative estimate of drug-likeness (QED) is 0.423. The third kappa shape index (κ3) is 5.24. The number of methoxy groups -OCH3 is 2. The Hall–Kier alpha value is -4.46. The minimum atomic E-state index is -0.282. The van der Waals surface area contributed by atoms with Gasteiger partial charge in [0.05, 0.1) is 25.6 Å². The van der Waals surface area contributed by atoms with Crippen molar-refractivity contribution in [2.45, 2.75) is 6.92 Å². The number of aromatic nitrogens is 3. The smallest absolute Gasteiger partial charge is 0.255 e. The summed E-state index contributed by atoms with van der Waals surface area (Å²) in [4.78, 5) is 26.0. The molecule has 2 N–H and O–H groups in total. The number of ether oxygens (including phenoxy) is 2. The van der Waals surface area contributed by atoms with Crippen molar-refractivity contribution in [1.82, 2.24) is 15.0 Å². The van der Waals surface area contributed by atoms with E-state index >= 15 is 0 Å². The van der Waals surface area contributed by atoms with Crippen molar-refractivity contribution < 1.29 is 14.3 Å². The third-order valence-electron chi connectivity index (χ3n) is 4.94. The molecule has 1 amide bonds. The maximum atomic E-state index is 12.8. The van der Waals surface area contributed by atoms with Gasteiger partial charge in [0.15, 0.2) is 0 Å². The van der Waals surface area contributed by atoms with E-state index in [9.17, 15) is 4.79 Å². The molecule has 0 aliphatic rings. The van der Waals surface area contributed by atoms with E-state index in [-0.39, 0.29) is 5.91 Å². The summed E-state index contributed by atoms with van der Waals surface area (Å²) in [5, 5.41) is 6.14. The first kappa shape index (κ1) is 21.8. The average Bonchev–Trinajstić information content (AvgIpc) is 2.86. The highest BCUT2D eigenvalue weighted by Gasteiger charge is 2.12. The lowest BCUT2D eigenvalue weighted by molar-refractivity contribution is 0.102. The third-order valence-corrected chi connectivity index (χ3v) is 4.94. The fourth-order valence-corrected chi connectivity index (χ4v) is 3.17. The Balaban J connectivity index is 1.55. The van der Waals surface area contributed by atoms with Gasteiger partial charge in [-0.3, -0.25) is 9.78 Å². The Morgan fingerprint density at radius 2 is 1.64 bits per heavy atom. The zero-order valence-electron chi connectivity index (χ0n) is 18.5. The minimum Gasteiger partial charge on any atom is -0.497 e. The Morgan fingerprint density at radius 3 is 2.33 bits per heavy atom. The van der Waals surface area contributed by atoms with Crippen LogP contribution in [0.4, 0.5) is 17.3 Å². The molecule has 0 unspecified atom stereocenters. The van der Waals surface area contributed by atoms with Gasteiger partial charge in [-0.05, 0) is 55.0 Å². The Labute approximate surface area is 191 Å². The van der Waals surface area contributed by atoms with Gasteiger partial charge in [-0.2, -0.15) is 0 Å². The number of anilines is 3. The van der Waals surface area contributed by atoms with Gasteiger partial charge in [-0.25, -0.2) is 9.97 Å². The van der Waals surface area contributed by atoms with Crippen LogP contribution in [0, 0.1) is 6.92 Å². The summed E-state index contributed by atoms with van der Waals surface area (Å²) < 4.78 is 10.5. The summed E-state index contributed by atoms with van der Waals surface area (Å²) in [6, 6.07) is 18.1. The molecule has 0 atom stereocenters. The van der Waals surface area contributed by atoms with Crippen molar-refractivity contribution in [2.24, 2.45) is 0 Å². The number of benzene rings is 2. The fourth-order valence-electron chi connectivity index (χ4n) is 3.17. The molecule has 4 aromatic rings. The molecule has 0 radical (unpaired) electrons. The van der Waals surface area contributed by atoms with Gasteiger partial charge < -0.3 is 20.1 Å². The van der Waals surface area contributed by atoms with Crippen LogP contribution < -0.4 is 20.1 Å². The standard InChI is InChI=1S/C25H23N5O3/c1-16-7-8-18(28-24(31)17-12-19(32-2)15-20(13-17)33-3)14-23(16)30-25-27-11-9-22(29-25)21-6-4-5-10-26-21/h4-15H,1-3H3,(H,28,31)(H,27,29,30). The van der Waals surface area contributed by atoms with Crippen LogP contribution in [0.2, 0.25) is 0 Å². The number of pyridine rings is 1. The number of rotatable bonds is 7. The number of hydrogen-bond donors (Lipinski definition) is 2. The lowest BCUT2D eigenvalue weighted by Gasteiger charge is -2.13. The van der Waals surface area contributed by atoms with Gasteiger partial charge in [-0.1, -0.05) is 12.1 Å². The molecule has 8 heteroatoms. The Morgan fingerprint density at radius 1 is 0.848 bits per heavy atom. The Kier molecular flexibility index (Phi) is 6.45. The normalized spacial score (nSPS) is 10.4. The van der Waals surface area contributed by atoms with E-state index in [1.165, 1.54) is 0 Å². The first-order valence-corrected chi connectivity index (χ1v) is 10.2. The monoisotopic (exact) mass is 441 g/mol. The number of nitrogens with zero attached hydrogens (tertiary/aromatic N) is 3.